The second-order valence-corrected chi connectivity index (χ2v) is 8.23. The molecule has 1 amide bonds. The Morgan fingerprint density at radius 1 is 1.17 bits per heavy atom. The Kier molecular flexibility index (Phi) is 5.30. The molecular formula is C22H19ClN4OS. The molecule has 0 atom stereocenters. The summed E-state index contributed by atoms with van der Waals surface area (Å²) in [5.74, 6) is 0.699. The number of hydrogen-bond donors (Lipinski definition) is 1. The monoisotopic (exact) mass is 422 g/mol. The zero-order valence-corrected chi connectivity index (χ0v) is 17.8. The van der Waals surface area contributed by atoms with Gasteiger partial charge in [0.15, 0.2) is 5.17 Å². The highest BCUT2D eigenvalue weighted by Crippen LogP contribution is 2.31. The van der Waals surface area contributed by atoms with Crippen molar-refractivity contribution >= 4 is 46.2 Å². The third kappa shape index (κ3) is 3.99. The number of nitrogens with zero attached hydrogens (tertiary/aromatic N) is 3. The number of carbonyl (C=O) groups excluding carboxylic acids is 1. The molecule has 0 spiro atoms. The summed E-state index contributed by atoms with van der Waals surface area (Å²) in [4.78, 5) is 22.1. The second kappa shape index (κ2) is 7.89. The van der Waals surface area contributed by atoms with Crippen molar-refractivity contribution in [3.05, 3.63) is 81.1 Å². The Morgan fingerprint density at radius 3 is 2.76 bits per heavy atom. The van der Waals surface area contributed by atoms with E-state index < -0.39 is 0 Å². The minimum Gasteiger partial charge on any atom is -0.303 e. The van der Waals surface area contributed by atoms with Crippen LogP contribution in [0.3, 0.4) is 0 Å². The fraction of sp³-hybridized carbons (Fsp3) is 0.136. The van der Waals surface area contributed by atoms with Crippen molar-refractivity contribution in [1.82, 2.24) is 14.9 Å². The van der Waals surface area contributed by atoms with Gasteiger partial charge in [-0.1, -0.05) is 23.7 Å². The minimum absolute atomic E-state index is 0.156. The molecule has 0 aliphatic carbocycles. The summed E-state index contributed by atoms with van der Waals surface area (Å²) in [5, 5.41) is 3.99. The van der Waals surface area contributed by atoms with E-state index in [9.17, 15) is 4.79 Å². The molecule has 1 fully saturated rings. The van der Waals surface area contributed by atoms with Crippen molar-refractivity contribution in [3.63, 3.8) is 0 Å². The molecular weight excluding hydrogens is 404 g/mol. The molecule has 1 aliphatic heterocycles. The normalized spacial score (nSPS) is 16.6. The van der Waals surface area contributed by atoms with Crippen LogP contribution in [0.5, 0.6) is 0 Å². The van der Waals surface area contributed by atoms with E-state index in [-0.39, 0.29) is 5.91 Å². The Balaban J connectivity index is 1.65. The highest BCUT2D eigenvalue weighted by Gasteiger charge is 2.25. The predicted octanol–water partition coefficient (Wildman–Crippen LogP) is 5.34. The molecule has 0 saturated carbocycles. The third-order valence-electron chi connectivity index (χ3n) is 4.68. The van der Waals surface area contributed by atoms with E-state index in [1.165, 1.54) is 11.8 Å². The Morgan fingerprint density at radius 2 is 2.00 bits per heavy atom. The fourth-order valence-electron chi connectivity index (χ4n) is 3.21. The maximum Gasteiger partial charge on any atom is 0.264 e. The van der Waals surface area contributed by atoms with Crippen LogP contribution >= 0.6 is 23.4 Å². The number of amides is 1. The number of amidine groups is 1. The number of hydrogen-bond acceptors (Lipinski definition) is 4. The van der Waals surface area contributed by atoms with Gasteiger partial charge in [0, 0.05) is 22.6 Å². The summed E-state index contributed by atoms with van der Waals surface area (Å²) >= 11 is 7.39. The number of nitrogens with one attached hydrogen (secondary N) is 1. The van der Waals surface area contributed by atoms with Crippen LogP contribution in [0.2, 0.25) is 5.02 Å². The van der Waals surface area contributed by atoms with Gasteiger partial charge in [-0.2, -0.15) is 0 Å². The molecule has 0 radical (unpaired) electrons. The van der Waals surface area contributed by atoms with Gasteiger partial charge in [0.25, 0.3) is 5.91 Å². The quantitative estimate of drug-likeness (QED) is 0.579. The lowest BCUT2D eigenvalue weighted by Gasteiger charge is -2.07. The number of thioether (sulfide) groups is 1. The van der Waals surface area contributed by atoms with Crippen molar-refractivity contribution in [2.45, 2.75) is 20.8 Å². The summed E-state index contributed by atoms with van der Waals surface area (Å²) in [7, 11) is 0. The van der Waals surface area contributed by atoms with E-state index in [1.54, 1.807) is 12.3 Å². The van der Waals surface area contributed by atoms with E-state index in [2.05, 4.69) is 25.9 Å². The van der Waals surface area contributed by atoms with Crippen LogP contribution in [0, 0.1) is 20.8 Å². The van der Waals surface area contributed by atoms with Crippen molar-refractivity contribution in [1.29, 1.82) is 0 Å². The van der Waals surface area contributed by atoms with Crippen molar-refractivity contribution in [2.75, 3.05) is 0 Å². The van der Waals surface area contributed by atoms with Gasteiger partial charge in [-0.25, -0.2) is 9.98 Å². The molecule has 7 heteroatoms. The Bertz CT molecular complexity index is 1170. The standard InChI is InChI=1S/C22H19ClN4OS/c1-13-7-8-17(23)12-18(13)25-22-26-21(28)19(29-22)11-16-10-14(2)27(15(16)3)20-6-4-5-9-24-20/h4-12H,1-3H3,(H,25,26,28)/b19-11-. The zero-order valence-electron chi connectivity index (χ0n) is 16.2. The molecule has 0 unspecified atom stereocenters. The van der Waals surface area contributed by atoms with Gasteiger partial charge < -0.3 is 9.88 Å². The van der Waals surface area contributed by atoms with E-state index >= 15 is 0 Å². The van der Waals surface area contributed by atoms with Crippen molar-refractivity contribution < 1.29 is 4.79 Å². The highest BCUT2D eigenvalue weighted by atomic mass is 35.5. The SMILES string of the molecule is Cc1ccc(Cl)cc1N=C1NC(=O)/C(=C/c2cc(C)n(-c3ccccn3)c2C)S1. The summed E-state index contributed by atoms with van der Waals surface area (Å²) in [6.07, 6.45) is 3.67. The number of pyridine rings is 1. The molecule has 146 valence electrons. The minimum atomic E-state index is -0.156. The first-order chi connectivity index (χ1) is 13.9. The fourth-order valence-corrected chi connectivity index (χ4v) is 4.20. The maximum atomic E-state index is 12.5. The largest absolute Gasteiger partial charge is 0.303 e. The first-order valence-corrected chi connectivity index (χ1v) is 10.3. The van der Waals surface area contributed by atoms with Gasteiger partial charge in [-0.3, -0.25) is 4.79 Å². The third-order valence-corrected chi connectivity index (χ3v) is 5.82. The summed E-state index contributed by atoms with van der Waals surface area (Å²) in [6, 6.07) is 13.4. The molecule has 5 nitrogen and oxygen atoms in total. The molecule has 29 heavy (non-hydrogen) atoms. The van der Waals surface area contributed by atoms with Crippen LogP contribution < -0.4 is 5.32 Å². The van der Waals surface area contributed by atoms with Crippen molar-refractivity contribution in [2.24, 2.45) is 4.99 Å². The van der Waals surface area contributed by atoms with Crippen LogP contribution in [0.1, 0.15) is 22.5 Å². The number of aromatic nitrogens is 2. The first kappa shape index (κ1) is 19.5. The number of aryl methyl sites for hydroxylation is 2. The van der Waals surface area contributed by atoms with Gasteiger partial charge in [-0.05, 0) is 80.1 Å². The number of carbonyl (C=O) groups is 1. The van der Waals surface area contributed by atoms with Crippen molar-refractivity contribution in [3.8, 4) is 5.82 Å². The Labute approximate surface area is 178 Å². The summed E-state index contributed by atoms with van der Waals surface area (Å²) in [6.45, 7) is 6.01. The van der Waals surface area contributed by atoms with Crippen LogP contribution in [0.25, 0.3) is 11.9 Å². The topological polar surface area (TPSA) is 59.3 Å². The molecule has 3 aromatic rings. The lowest BCUT2D eigenvalue weighted by atomic mass is 10.2. The smallest absolute Gasteiger partial charge is 0.264 e. The van der Waals surface area contributed by atoms with Gasteiger partial charge >= 0.3 is 0 Å². The summed E-state index contributed by atoms with van der Waals surface area (Å²) in [5.41, 5.74) is 4.80. The van der Waals surface area contributed by atoms with Gasteiger partial charge in [0.05, 0.1) is 10.6 Å². The number of aliphatic imine (C=N–C) groups is 1. The van der Waals surface area contributed by atoms with E-state index in [0.29, 0.717) is 15.1 Å². The summed E-state index contributed by atoms with van der Waals surface area (Å²) < 4.78 is 2.08. The van der Waals surface area contributed by atoms with Gasteiger partial charge in [-0.15, -0.1) is 0 Å². The van der Waals surface area contributed by atoms with Crippen LogP contribution in [-0.4, -0.2) is 20.6 Å². The van der Waals surface area contributed by atoms with Gasteiger partial charge in [0.1, 0.15) is 5.82 Å². The number of rotatable bonds is 3. The number of benzene rings is 1. The molecule has 0 bridgehead atoms. The lowest BCUT2D eigenvalue weighted by molar-refractivity contribution is -0.115. The lowest BCUT2D eigenvalue weighted by Crippen LogP contribution is -2.19. The average molecular weight is 423 g/mol. The Hall–Kier alpha value is -2.83. The van der Waals surface area contributed by atoms with E-state index in [4.69, 9.17) is 11.6 Å². The number of halogens is 1. The molecule has 1 aromatic carbocycles. The first-order valence-electron chi connectivity index (χ1n) is 9.08. The molecule has 2 aromatic heterocycles. The molecule has 1 N–H and O–H groups in total. The molecule has 1 aliphatic rings. The highest BCUT2D eigenvalue weighted by molar-refractivity contribution is 8.18. The predicted molar refractivity (Wildman–Crippen MR) is 120 cm³/mol. The molecule has 1 saturated heterocycles. The zero-order chi connectivity index (χ0) is 20.5. The molecule has 3 heterocycles. The second-order valence-electron chi connectivity index (χ2n) is 6.76. The van der Waals surface area contributed by atoms with E-state index in [1.807, 2.05) is 57.2 Å². The average Bonchev–Trinajstić information content (AvgIpc) is 3.17. The van der Waals surface area contributed by atoms with Crippen LogP contribution in [0.4, 0.5) is 5.69 Å². The van der Waals surface area contributed by atoms with E-state index in [0.717, 1.165) is 34.0 Å². The van der Waals surface area contributed by atoms with Gasteiger partial charge in [0.2, 0.25) is 0 Å². The van der Waals surface area contributed by atoms with Crippen LogP contribution in [-0.2, 0) is 4.79 Å². The maximum absolute atomic E-state index is 12.5. The van der Waals surface area contributed by atoms with Crippen LogP contribution in [0.15, 0.2) is 58.6 Å². The molecule has 4 rings (SSSR count).